The molecule has 0 unspecified atom stereocenters. The molecule has 0 saturated carbocycles. The Balaban J connectivity index is -0.0000000813. The Kier molecular flexibility index (Phi) is 147. The van der Waals surface area contributed by atoms with Gasteiger partial charge in [0, 0.05) is 193 Å². The van der Waals surface area contributed by atoms with E-state index in [0.29, 0.717) is 19.3 Å². The van der Waals surface area contributed by atoms with Gasteiger partial charge in [0.1, 0.15) is 19.0 Å². The number of halogens is 5. The van der Waals surface area contributed by atoms with Gasteiger partial charge in [-0.15, -0.1) is 0 Å². The van der Waals surface area contributed by atoms with Crippen molar-refractivity contribution in [3.8, 4) is 0 Å². The molecule has 0 bridgehead atoms. The molecule has 29 heteroatoms. The molecular formula is C68H120B4I5N6O8S4Y2-3. The van der Waals surface area contributed by atoms with Crippen molar-refractivity contribution in [2.24, 2.45) is 0 Å². The number of rotatable bonds is 10. The molecule has 0 aliphatic carbocycles. The van der Waals surface area contributed by atoms with Gasteiger partial charge in [0.15, 0.2) is 11.6 Å². The first-order valence-electron chi connectivity index (χ1n) is 31.4. The Morgan fingerprint density at radius 1 is 0.515 bits per heavy atom. The summed E-state index contributed by atoms with van der Waals surface area (Å²) >= 11 is 17.5. The van der Waals surface area contributed by atoms with Crippen LogP contribution in [0, 0.1) is 0 Å². The van der Waals surface area contributed by atoms with Crippen LogP contribution in [-0.4, -0.2) is 247 Å². The largest absolute Gasteiger partial charge is 0.520 e. The summed E-state index contributed by atoms with van der Waals surface area (Å²) in [5, 5.41) is 18.8. The number of carbonyl (C=O) groups is 4. The molecule has 97 heavy (non-hydrogen) atoms. The van der Waals surface area contributed by atoms with Crippen LogP contribution in [0.15, 0.2) is 146 Å². The normalized spacial score (nSPS) is 12.2. The van der Waals surface area contributed by atoms with E-state index in [1.807, 2.05) is 226 Å². The summed E-state index contributed by atoms with van der Waals surface area (Å²) in [6.07, 6.45) is 12.4. The number of hydrogen-bond donors (Lipinski definition) is 4. The fraction of sp³-hybridized carbons (Fsp3) is 0.559. The first-order chi connectivity index (χ1) is 45.5. The minimum absolute atomic E-state index is 0. The SMILES string of the molecule is CC.CC.CC(=O)CO.CC(=O)CO.CC(=O)N1CC(N2CCN([C-]=O)CC2)C1.CC(C)=O.CCC.CCSC.CCSC.CCSC.CS.I[I-]I(I)I.O=[C-]N1CCN(C2CNC2)CC1.[B]B([B])[B].[Y].[Y].c1ccccc1.c1ccccc1.c1ccccc1.c1ccccc1. The van der Waals surface area contributed by atoms with Gasteiger partial charge >= 0.3 is 77.0 Å². The van der Waals surface area contributed by atoms with Crippen LogP contribution in [0.5, 0.6) is 0 Å². The van der Waals surface area contributed by atoms with Crippen molar-refractivity contribution in [3.63, 3.8) is 0 Å². The predicted molar refractivity (Wildman–Crippen MR) is 463 cm³/mol. The summed E-state index contributed by atoms with van der Waals surface area (Å²) in [6, 6.07) is 49.2. The maximum absolute atomic E-state index is 11.0. The minimum atomic E-state index is -0.667. The molecule has 3 N–H and O–H groups in total. The molecule has 4 aliphatic rings. The number of aliphatic hydroxyl groups excluding tert-OH is 2. The Labute approximate surface area is 709 Å². The fourth-order valence-corrected chi connectivity index (χ4v) is 5.37. The maximum Gasteiger partial charge on any atom is 0.0346 e. The van der Waals surface area contributed by atoms with Crippen LogP contribution in [0.4, 0.5) is 0 Å². The smallest absolute Gasteiger partial charge is 0.0346 e. The first-order valence-corrected chi connectivity index (χ1v) is 61.6. The van der Waals surface area contributed by atoms with Crippen molar-refractivity contribution in [3.05, 3.63) is 146 Å². The van der Waals surface area contributed by atoms with Gasteiger partial charge in [0.05, 0.1) is 0 Å². The van der Waals surface area contributed by atoms with E-state index in [0.717, 1.165) is 84.6 Å². The van der Waals surface area contributed by atoms with Gasteiger partial charge in [-0.2, -0.15) is 60.7 Å². The Hall–Kier alpha value is 1.62. The molecule has 4 aromatic carbocycles. The molecule has 3 amide bonds. The van der Waals surface area contributed by atoms with Crippen molar-refractivity contribution < 1.29 is 118 Å². The summed E-state index contributed by atoms with van der Waals surface area (Å²) in [7, 11) is 13.8. The van der Waals surface area contributed by atoms with Crippen LogP contribution in [-0.2, 0) is 94.2 Å². The van der Waals surface area contributed by atoms with E-state index in [-0.39, 0.29) is 110 Å². The number of hydrogen-bond acceptors (Lipinski definition) is 15. The topological polar surface area (TPSA) is 171 Å². The van der Waals surface area contributed by atoms with Gasteiger partial charge in [-0.25, -0.2) is 0 Å². The molecule has 8 radical (unpaired) electrons. The number of nitrogens with zero attached hydrogens (tertiary/aromatic N) is 5. The molecule has 0 spiro atoms. The van der Waals surface area contributed by atoms with E-state index in [2.05, 4.69) is 160 Å². The number of ketones is 3. The number of piperazine rings is 2. The number of aliphatic hydroxyl groups is 2. The molecule has 550 valence electrons. The zero-order valence-electron chi connectivity index (χ0n) is 61.8. The van der Waals surface area contributed by atoms with Crippen molar-refractivity contribution in [2.45, 2.75) is 115 Å². The second-order valence-electron chi connectivity index (χ2n) is 18.1. The van der Waals surface area contributed by atoms with Crippen LogP contribution in [0.1, 0.15) is 103 Å². The van der Waals surface area contributed by atoms with E-state index in [9.17, 15) is 28.8 Å². The Bertz CT molecular complexity index is 1780. The molecule has 8 rings (SSSR count). The summed E-state index contributed by atoms with van der Waals surface area (Å²) in [6.45, 7) is 36.3. The zero-order chi connectivity index (χ0) is 75.2. The van der Waals surface area contributed by atoms with Crippen molar-refractivity contribution in [2.75, 3.05) is 134 Å². The van der Waals surface area contributed by atoms with E-state index < -0.39 is 6.39 Å². The maximum atomic E-state index is 11.0. The van der Waals surface area contributed by atoms with E-state index >= 15 is 0 Å². The number of thiol groups is 1. The molecule has 4 aromatic rings. The number of nitrogens with one attached hydrogen (secondary N) is 1. The third-order valence-corrected chi connectivity index (χ3v) is 94.4. The number of Topliss-reactive ketones (excluding diaryl/α,β-unsaturated/α-hetero) is 3. The molecule has 4 fully saturated rings. The van der Waals surface area contributed by atoms with Gasteiger partial charge in [-0.05, 0) is 70.0 Å². The summed E-state index contributed by atoms with van der Waals surface area (Å²) in [5.74, 6) is 3.65. The minimum Gasteiger partial charge on any atom is -0.520 e. The summed E-state index contributed by atoms with van der Waals surface area (Å²) in [4.78, 5) is 70.3. The third-order valence-electron chi connectivity index (χ3n) is 10.0. The summed E-state index contributed by atoms with van der Waals surface area (Å²) in [5.41, 5.74) is 0. The van der Waals surface area contributed by atoms with Crippen molar-refractivity contribution >= 4 is 177 Å². The number of likely N-dealkylation sites (tertiary alicyclic amines) is 1. The quantitative estimate of drug-likeness (QED) is 0.0512. The molecule has 4 saturated heterocycles. The number of thioether (sulfide) groups is 3. The average molecular weight is 2130 g/mol. The van der Waals surface area contributed by atoms with E-state index in [1.165, 1.54) is 51.4 Å². The summed E-state index contributed by atoms with van der Waals surface area (Å²) < 4.78 is 0. The van der Waals surface area contributed by atoms with Crippen molar-refractivity contribution in [1.29, 1.82) is 0 Å². The number of amides is 3. The van der Waals surface area contributed by atoms with Crippen LogP contribution in [0.2, 0.25) is 0 Å². The Morgan fingerprint density at radius 2 is 0.680 bits per heavy atom. The third kappa shape index (κ3) is 125. The molecule has 4 aliphatic heterocycles. The predicted octanol–water partition coefficient (Wildman–Crippen LogP) is 11.2. The van der Waals surface area contributed by atoms with Crippen LogP contribution >= 0.6 is 112 Å². The molecule has 0 atom stereocenters. The molecule has 4 heterocycles. The van der Waals surface area contributed by atoms with Gasteiger partial charge in [-0.3, -0.25) is 24.2 Å². The zero-order valence-corrected chi connectivity index (χ0v) is 81.7. The number of benzene rings is 4. The molecular weight excluding hydrogens is 2010 g/mol. The van der Waals surface area contributed by atoms with Gasteiger partial charge in [0.25, 0.3) is 0 Å². The van der Waals surface area contributed by atoms with Crippen molar-refractivity contribution in [1.82, 2.24) is 29.8 Å². The molecule has 0 aromatic heterocycles. The van der Waals surface area contributed by atoms with Gasteiger partial charge in [-0.1, -0.05) is 214 Å². The average Bonchev–Trinajstić information content (AvgIpc) is 0.975. The van der Waals surface area contributed by atoms with Gasteiger partial charge < -0.3 is 44.6 Å². The van der Waals surface area contributed by atoms with E-state index in [4.69, 9.17) is 10.2 Å². The number of carbonyl (C=O) groups excluding carboxylic acids is 6. The standard InChI is InChI=1S/C10H16N3O2.C8H14N3O.4C6H6.2C3H6O2.C3H6O.3C3H8S.C3H8.2C2H6.CH4S.B4.I5.2Y/c1-9(15)13-6-10(7-13)12-4-2-11(8-14)3-5-12;12-7-10-1-3-11(4-2-10)8-5-9-6-8;4*1-2-4-6-5-3-1;2*1-3(5)2-4;1-3(2)4;3*1-3-4-2;1-3-2;3*1-2;1-4(2)3;1-4-5(2)3;;/h10H,2-7H2,1H3;8-9H,1-6H2;4*1-6H;2*4H,2H2,1H3;1-2H3;3*3H2,1-2H3;3H2,1-2H3;2*1-2H3;2H,1H3;;;;/q2*-1;;;;;;;;;;;;;;;;-1;;. The second kappa shape index (κ2) is 113. The van der Waals surface area contributed by atoms with Gasteiger partial charge in [0.2, 0.25) is 5.91 Å². The first kappa shape index (κ1) is 125. The van der Waals surface area contributed by atoms with E-state index in [1.54, 1.807) is 23.0 Å². The van der Waals surface area contributed by atoms with Crippen LogP contribution < -0.4 is 18.6 Å². The fourth-order valence-electron chi connectivity index (χ4n) is 5.37. The Morgan fingerprint density at radius 3 is 0.784 bits per heavy atom. The van der Waals surface area contributed by atoms with Crippen LogP contribution in [0.3, 0.4) is 0 Å². The monoisotopic (exact) mass is 2130 g/mol. The second-order valence-corrected chi connectivity index (χ2v) is 86.5. The molecule has 14 nitrogen and oxygen atoms in total. The van der Waals surface area contributed by atoms with Crippen LogP contribution in [0.25, 0.3) is 0 Å².